The Morgan fingerprint density at radius 3 is 2.84 bits per heavy atom. The van der Waals surface area contributed by atoms with Gasteiger partial charge in [0.15, 0.2) is 0 Å². The first-order valence-electron chi connectivity index (χ1n) is 8.06. The summed E-state index contributed by atoms with van der Waals surface area (Å²) >= 11 is 0. The van der Waals surface area contributed by atoms with E-state index in [0.29, 0.717) is 24.7 Å². The zero-order valence-corrected chi connectivity index (χ0v) is 13.9. The predicted molar refractivity (Wildman–Crippen MR) is 91.9 cm³/mol. The van der Waals surface area contributed by atoms with Crippen LogP contribution in [0.25, 0.3) is 0 Å². The van der Waals surface area contributed by atoms with Crippen molar-refractivity contribution in [2.75, 3.05) is 20.2 Å². The lowest BCUT2D eigenvalue weighted by Crippen LogP contribution is -2.54. The van der Waals surface area contributed by atoms with Gasteiger partial charge in [0.2, 0.25) is 11.8 Å². The maximum Gasteiger partial charge on any atom is 0.318 e. The van der Waals surface area contributed by atoms with Crippen LogP contribution in [0.5, 0.6) is 5.88 Å². The van der Waals surface area contributed by atoms with Crippen molar-refractivity contribution in [3.8, 4) is 5.88 Å². The van der Waals surface area contributed by atoms with E-state index in [-0.39, 0.29) is 18.5 Å². The highest BCUT2D eigenvalue weighted by Crippen LogP contribution is 2.23. The first-order valence-corrected chi connectivity index (χ1v) is 8.06. The summed E-state index contributed by atoms with van der Waals surface area (Å²) in [7, 11) is 1.54. The highest BCUT2D eigenvalue weighted by atomic mass is 16.5. The van der Waals surface area contributed by atoms with Crippen molar-refractivity contribution < 1.29 is 14.3 Å². The van der Waals surface area contributed by atoms with E-state index >= 15 is 0 Å². The number of hydrogen-bond donors (Lipinski definition) is 2. The minimum Gasteiger partial charge on any atom is -0.481 e. The van der Waals surface area contributed by atoms with Gasteiger partial charge in [0.05, 0.1) is 19.3 Å². The van der Waals surface area contributed by atoms with E-state index in [4.69, 9.17) is 4.74 Å². The number of methoxy groups -OCH3 is 1. The van der Waals surface area contributed by atoms with E-state index in [1.165, 1.54) is 0 Å². The molecule has 3 rings (SSSR count). The molecule has 1 aromatic heterocycles. The molecule has 1 saturated heterocycles. The Labute approximate surface area is 146 Å². The Hall–Kier alpha value is -3.09. The Bertz CT molecular complexity index is 751. The fourth-order valence-corrected chi connectivity index (χ4v) is 2.79. The van der Waals surface area contributed by atoms with Crippen LogP contribution in [0, 0.1) is 0 Å². The lowest BCUT2D eigenvalue weighted by Gasteiger charge is -2.35. The zero-order valence-electron chi connectivity index (χ0n) is 13.9. The van der Waals surface area contributed by atoms with E-state index in [0.717, 1.165) is 5.56 Å². The number of hydrogen-bond acceptors (Lipinski definition) is 4. The summed E-state index contributed by atoms with van der Waals surface area (Å²) in [4.78, 5) is 30.8. The van der Waals surface area contributed by atoms with Crippen LogP contribution in [-0.2, 0) is 11.3 Å². The summed E-state index contributed by atoms with van der Waals surface area (Å²) in [5.41, 5.74) is 1.47. The molecule has 2 aromatic rings. The standard InChI is InChI=1S/C18H20N4O3/c1-25-15-9-5-8-14(21-15)12-20-18(24)22-11-10-19-17(23)16(22)13-6-3-2-4-7-13/h2-9,16H,10-12H2,1H3,(H,19,23)(H,20,24)/t16-/m1/s1. The molecule has 1 atom stereocenters. The molecule has 0 aliphatic carbocycles. The number of benzene rings is 1. The van der Waals surface area contributed by atoms with E-state index in [2.05, 4.69) is 15.6 Å². The maximum absolute atomic E-state index is 12.6. The van der Waals surface area contributed by atoms with Crippen molar-refractivity contribution in [3.63, 3.8) is 0 Å². The average Bonchev–Trinajstić information content (AvgIpc) is 2.66. The monoisotopic (exact) mass is 340 g/mol. The van der Waals surface area contributed by atoms with Gasteiger partial charge in [-0.2, -0.15) is 0 Å². The quantitative estimate of drug-likeness (QED) is 0.883. The van der Waals surface area contributed by atoms with Crippen LogP contribution in [0.3, 0.4) is 0 Å². The minimum absolute atomic E-state index is 0.174. The van der Waals surface area contributed by atoms with Crippen LogP contribution in [0.2, 0.25) is 0 Å². The van der Waals surface area contributed by atoms with Gasteiger partial charge in [-0.15, -0.1) is 0 Å². The molecule has 2 heterocycles. The minimum atomic E-state index is -0.631. The average molecular weight is 340 g/mol. The van der Waals surface area contributed by atoms with Crippen molar-refractivity contribution in [1.82, 2.24) is 20.5 Å². The molecule has 130 valence electrons. The van der Waals surface area contributed by atoms with Crippen LogP contribution >= 0.6 is 0 Å². The third kappa shape index (κ3) is 3.88. The summed E-state index contributed by atoms with van der Waals surface area (Å²) in [6, 6.07) is 13.7. The van der Waals surface area contributed by atoms with Gasteiger partial charge in [-0.1, -0.05) is 36.4 Å². The van der Waals surface area contributed by atoms with Gasteiger partial charge in [-0.25, -0.2) is 9.78 Å². The summed E-state index contributed by atoms with van der Waals surface area (Å²) < 4.78 is 5.08. The molecule has 0 unspecified atom stereocenters. The van der Waals surface area contributed by atoms with Gasteiger partial charge in [0.25, 0.3) is 0 Å². The smallest absolute Gasteiger partial charge is 0.318 e. The number of pyridine rings is 1. The number of ether oxygens (including phenoxy) is 1. The largest absolute Gasteiger partial charge is 0.481 e. The Balaban J connectivity index is 1.71. The van der Waals surface area contributed by atoms with Gasteiger partial charge < -0.3 is 20.3 Å². The number of urea groups is 1. The molecule has 1 fully saturated rings. The third-order valence-corrected chi connectivity index (χ3v) is 4.00. The maximum atomic E-state index is 12.6. The molecule has 0 bridgehead atoms. The first kappa shape index (κ1) is 16.8. The molecule has 3 amide bonds. The summed E-state index contributed by atoms with van der Waals surface area (Å²) in [6.07, 6.45) is 0. The van der Waals surface area contributed by atoms with E-state index in [1.807, 2.05) is 36.4 Å². The van der Waals surface area contributed by atoms with E-state index < -0.39 is 6.04 Å². The molecule has 1 aliphatic rings. The van der Waals surface area contributed by atoms with Crippen LogP contribution in [0.1, 0.15) is 17.3 Å². The van der Waals surface area contributed by atoms with Gasteiger partial charge in [0, 0.05) is 19.2 Å². The number of carbonyl (C=O) groups is 2. The van der Waals surface area contributed by atoms with Crippen LogP contribution in [-0.4, -0.2) is 42.0 Å². The Morgan fingerprint density at radius 1 is 1.28 bits per heavy atom. The van der Waals surface area contributed by atoms with Gasteiger partial charge in [0.1, 0.15) is 6.04 Å². The number of carbonyl (C=O) groups excluding carboxylic acids is 2. The normalized spacial score (nSPS) is 16.9. The van der Waals surface area contributed by atoms with Gasteiger partial charge in [-0.3, -0.25) is 4.79 Å². The highest BCUT2D eigenvalue weighted by Gasteiger charge is 2.34. The summed E-state index contributed by atoms with van der Waals surface area (Å²) in [6.45, 7) is 1.14. The van der Waals surface area contributed by atoms with Crippen molar-refractivity contribution in [2.24, 2.45) is 0 Å². The third-order valence-electron chi connectivity index (χ3n) is 4.00. The molecular formula is C18H20N4O3. The second-order valence-corrected chi connectivity index (χ2v) is 5.63. The first-order chi connectivity index (χ1) is 12.2. The zero-order chi connectivity index (χ0) is 17.6. The number of piperazine rings is 1. The Kier molecular flexibility index (Phi) is 5.13. The molecule has 1 aromatic carbocycles. The van der Waals surface area contributed by atoms with E-state index in [9.17, 15) is 9.59 Å². The number of rotatable bonds is 4. The SMILES string of the molecule is COc1cccc(CNC(=O)N2CCNC(=O)[C@H]2c2ccccc2)n1. The molecule has 0 saturated carbocycles. The van der Waals surface area contributed by atoms with Crippen LogP contribution in [0.4, 0.5) is 4.79 Å². The number of amides is 3. The fraction of sp³-hybridized carbons (Fsp3) is 0.278. The second kappa shape index (κ2) is 7.65. The van der Waals surface area contributed by atoms with Crippen LogP contribution in [0.15, 0.2) is 48.5 Å². The molecule has 1 aliphatic heterocycles. The molecule has 7 nitrogen and oxygen atoms in total. The molecule has 25 heavy (non-hydrogen) atoms. The highest BCUT2D eigenvalue weighted by molar-refractivity contribution is 5.89. The molecular weight excluding hydrogens is 320 g/mol. The van der Waals surface area contributed by atoms with Crippen LogP contribution < -0.4 is 15.4 Å². The predicted octanol–water partition coefficient (Wildman–Crippen LogP) is 1.47. The summed E-state index contributed by atoms with van der Waals surface area (Å²) in [5, 5.41) is 5.64. The number of aromatic nitrogens is 1. The fourth-order valence-electron chi connectivity index (χ4n) is 2.79. The lowest BCUT2D eigenvalue weighted by molar-refractivity contribution is -0.127. The van der Waals surface area contributed by atoms with Crippen molar-refractivity contribution >= 4 is 11.9 Å². The van der Waals surface area contributed by atoms with Crippen molar-refractivity contribution in [2.45, 2.75) is 12.6 Å². The lowest BCUT2D eigenvalue weighted by atomic mass is 10.0. The molecule has 7 heteroatoms. The van der Waals surface area contributed by atoms with Gasteiger partial charge >= 0.3 is 6.03 Å². The summed E-state index contributed by atoms with van der Waals surface area (Å²) in [5.74, 6) is 0.318. The topological polar surface area (TPSA) is 83.6 Å². The Morgan fingerprint density at radius 2 is 2.08 bits per heavy atom. The van der Waals surface area contributed by atoms with Crippen molar-refractivity contribution in [1.29, 1.82) is 0 Å². The second-order valence-electron chi connectivity index (χ2n) is 5.63. The number of nitrogens with zero attached hydrogens (tertiary/aromatic N) is 2. The van der Waals surface area contributed by atoms with E-state index in [1.54, 1.807) is 24.1 Å². The van der Waals surface area contributed by atoms with Crippen molar-refractivity contribution in [3.05, 3.63) is 59.8 Å². The van der Waals surface area contributed by atoms with Gasteiger partial charge in [-0.05, 0) is 11.6 Å². The molecule has 2 N–H and O–H groups in total. The molecule has 0 spiro atoms. The number of nitrogens with one attached hydrogen (secondary N) is 2. The molecule has 0 radical (unpaired) electrons.